The number of nitrogens with zero attached hydrogens (tertiary/aromatic N) is 1. The van der Waals surface area contributed by atoms with Gasteiger partial charge in [0.15, 0.2) is 0 Å². The highest BCUT2D eigenvalue weighted by molar-refractivity contribution is 5.92. The highest BCUT2D eigenvalue weighted by atomic mass is 19.1. The van der Waals surface area contributed by atoms with Crippen molar-refractivity contribution in [2.45, 2.75) is 12.5 Å². The van der Waals surface area contributed by atoms with Gasteiger partial charge in [0, 0.05) is 13.7 Å². The summed E-state index contributed by atoms with van der Waals surface area (Å²) in [5, 5.41) is 11.9. The maximum atomic E-state index is 12.6. The van der Waals surface area contributed by atoms with Crippen LogP contribution in [0.1, 0.15) is 16.9 Å². The number of halogens is 1. The van der Waals surface area contributed by atoms with E-state index in [-0.39, 0.29) is 12.3 Å². The third kappa shape index (κ3) is 4.88. The van der Waals surface area contributed by atoms with Crippen LogP contribution in [0.2, 0.25) is 0 Å². The van der Waals surface area contributed by atoms with Crippen molar-refractivity contribution in [1.29, 1.82) is 0 Å². The lowest BCUT2D eigenvalue weighted by molar-refractivity contribution is 0.0587. The molecule has 0 bridgehead atoms. The van der Waals surface area contributed by atoms with Crippen LogP contribution in [-0.4, -0.2) is 42.4 Å². The van der Waals surface area contributed by atoms with E-state index in [9.17, 15) is 14.3 Å². The van der Waals surface area contributed by atoms with Gasteiger partial charge in [-0.2, -0.15) is 0 Å². The number of carbonyl (C=O) groups excluding carboxylic acids is 1. The van der Waals surface area contributed by atoms with Crippen molar-refractivity contribution in [3.8, 4) is 0 Å². The molecule has 0 aromatic carbocycles. The number of hydrogen-bond donors (Lipinski definition) is 2. The van der Waals surface area contributed by atoms with Crippen LogP contribution in [-0.2, 0) is 4.74 Å². The Morgan fingerprint density at radius 3 is 3.00 bits per heavy atom. The van der Waals surface area contributed by atoms with Gasteiger partial charge in [0.25, 0.3) is 5.91 Å². The number of aromatic nitrogens is 1. The van der Waals surface area contributed by atoms with Crippen molar-refractivity contribution in [3.63, 3.8) is 0 Å². The van der Waals surface area contributed by atoms with Gasteiger partial charge in [-0.05, 0) is 18.6 Å². The summed E-state index contributed by atoms with van der Waals surface area (Å²) in [6, 6.07) is 2.47. The first-order valence-corrected chi connectivity index (χ1v) is 5.20. The van der Waals surface area contributed by atoms with E-state index in [1.165, 1.54) is 19.2 Å². The Morgan fingerprint density at radius 2 is 2.41 bits per heavy atom. The summed E-state index contributed by atoms with van der Waals surface area (Å²) in [5.41, 5.74) is 0.146. The number of methoxy groups -OCH3 is 1. The van der Waals surface area contributed by atoms with Gasteiger partial charge >= 0.3 is 0 Å². The molecule has 1 aromatic rings. The molecule has 0 saturated carbocycles. The first-order valence-electron chi connectivity index (χ1n) is 5.20. The normalized spacial score (nSPS) is 12.2. The fourth-order valence-corrected chi connectivity index (χ4v) is 1.23. The summed E-state index contributed by atoms with van der Waals surface area (Å²) in [7, 11) is 1.49. The van der Waals surface area contributed by atoms with Gasteiger partial charge in [-0.1, -0.05) is 0 Å². The molecule has 2 N–H and O–H groups in total. The highest BCUT2D eigenvalue weighted by Crippen LogP contribution is 1.98. The summed E-state index contributed by atoms with van der Waals surface area (Å²) in [6.07, 6.45) is 0.761. The van der Waals surface area contributed by atoms with Gasteiger partial charge in [-0.25, -0.2) is 9.37 Å². The van der Waals surface area contributed by atoms with Gasteiger partial charge < -0.3 is 15.2 Å². The molecule has 5 nitrogen and oxygen atoms in total. The Labute approximate surface area is 98.6 Å². The van der Waals surface area contributed by atoms with E-state index >= 15 is 0 Å². The molecule has 6 heteroatoms. The Kier molecular flexibility index (Phi) is 5.51. The molecule has 0 aliphatic heterocycles. The molecule has 0 radical (unpaired) electrons. The summed E-state index contributed by atoms with van der Waals surface area (Å²) in [4.78, 5) is 15.1. The number of hydrogen-bond acceptors (Lipinski definition) is 4. The molecular formula is C11H15FN2O3. The predicted molar refractivity (Wildman–Crippen MR) is 59.0 cm³/mol. The molecule has 1 aromatic heterocycles. The average Bonchev–Trinajstić information content (AvgIpc) is 2.30. The van der Waals surface area contributed by atoms with E-state index in [4.69, 9.17) is 4.74 Å². The number of aliphatic hydroxyl groups excluding tert-OH is 1. The number of pyridine rings is 1. The summed E-state index contributed by atoms with van der Waals surface area (Å²) >= 11 is 0. The molecule has 94 valence electrons. The van der Waals surface area contributed by atoms with Crippen LogP contribution >= 0.6 is 0 Å². The summed E-state index contributed by atoms with van der Waals surface area (Å²) in [6.45, 7) is 0.535. The molecule has 1 rings (SSSR count). The summed E-state index contributed by atoms with van der Waals surface area (Å²) in [5.74, 6) is -0.883. The van der Waals surface area contributed by atoms with Crippen LogP contribution < -0.4 is 5.32 Å². The Hall–Kier alpha value is -1.53. The molecule has 1 atom stereocenters. The number of aliphatic hydroxyl groups is 1. The number of ether oxygens (including phenoxy) is 1. The quantitative estimate of drug-likeness (QED) is 0.755. The molecule has 0 fully saturated rings. The molecule has 0 aliphatic carbocycles. The van der Waals surface area contributed by atoms with Crippen molar-refractivity contribution >= 4 is 5.91 Å². The van der Waals surface area contributed by atoms with E-state index in [1.54, 1.807) is 0 Å². The van der Waals surface area contributed by atoms with E-state index < -0.39 is 17.8 Å². The lowest BCUT2D eigenvalue weighted by Gasteiger charge is -2.09. The lowest BCUT2D eigenvalue weighted by Crippen LogP contribution is -2.29. The zero-order valence-corrected chi connectivity index (χ0v) is 9.52. The number of carbonyl (C=O) groups is 1. The maximum absolute atomic E-state index is 12.6. The van der Waals surface area contributed by atoms with Crippen LogP contribution in [0.3, 0.4) is 0 Å². The van der Waals surface area contributed by atoms with Gasteiger partial charge in [-0.15, -0.1) is 0 Å². The molecule has 0 saturated heterocycles. The maximum Gasteiger partial charge on any atom is 0.269 e. The van der Waals surface area contributed by atoms with Crippen LogP contribution in [0.25, 0.3) is 0 Å². The molecule has 1 heterocycles. The minimum Gasteiger partial charge on any atom is -0.391 e. The first kappa shape index (κ1) is 13.5. The van der Waals surface area contributed by atoms with Crippen molar-refractivity contribution in [3.05, 3.63) is 29.8 Å². The second-order valence-corrected chi connectivity index (χ2v) is 3.52. The SMILES string of the molecule is COCC(O)CCNC(=O)c1ccc(F)cn1. The van der Waals surface area contributed by atoms with Crippen molar-refractivity contribution < 1.29 is 19.0 Å². The Bertz CT molecular complexity index is 356. The first-order chi connectivity index (χ1) is 8.13. The largest absolute Gasteiger partial charge is 0.391 e. The zero-order chi connectivity index (χ0) is 12.7. The third-order valence-electron chi connectivity index (χ3n) is 2.08. The molecule has 1 amide bonds. The second kappa shape index (κ2) is 6.93. The number of nitrogens with one attached hydrogen (secondary N) is 1. The molecule has 1 unspecified atom stereocenters. The molecule has 17 heavy (non-hydrogen) atoms. The minimum absolute atomic E-state index is 0.146. The number of amides is 1. The van der Waals surface area contributed by atoms with Crippen molar-refractivity contribution in [2.24, 2.45) is 0 Å². The van der Waals surface area contributed by atoms with Crippen LogP contribution in [0.5, 0.6) is 0 Å². The second-order valence-electron chi connectivity index (χ2n) is 3.52. The van der Waals surface area contributed by atoms with Crippen LogP contribution in [0.4, 0.5) is 4.39 Å². The monoisotopic (exact) mass is 242 g/mol. The zero-order valence-electron chi connectivity index (χ0n) is 9.52. The van der Waals surface area contributed by atoms with Gasteiger partial charge in [0.1, 0.15) is 11.5 Å². The van der Waals surface area contributed by atoms with Crippen molar-refractivity contribution in [1.82, 2.24) is 10.3 Å². The van der Waals surface area contributed by atoms with E-state index in [2.05, 4.69) is 10.3 Å². The average molecular weight is 242 g/mol. The molecular weight excluding hydrogens is 227 g/mol. The molecule has 0 aliphatic rings. The molecule has 0 spiro atoms. The third-order valence-corrected chi connectivity index (χ3v) is 2.08. The minimum atomic E-state index is -0.610. The summed E-state index contributed by atoms with van der Waals surface area (Å²) < 4.78 is 17.3. The van der Waals surface area contributed by atoms with Gasteiger partial charge in [0.05, 0.1) is 18.9 Å². The number of rotatable bonds is 6. The standard InChI is InChI=1S/C11H15FN2O3/c1-17-7-9(15)4-5-13-11(16)10-3-2-8(12)6-14-10/h2-3,6,9,15H,4-5,7H2,1H3,(H,13,16). The van der Waals surface area contributed by atoms with Crippen LogP contribution in [0, 0.1) is 5.82 Å². The van der Waals surface area contributed by atoms with Gasteiger partial charge in [-0.3, -0.25) is 4.79 Å². The predicted octanol–water partition coefficient (Wildman–Crippen LogP) is 0.348. The fraction of sp³-hybridized carbons (Fsp3) is 0.455. The van der Waals surface area contributed by atoms with Crippen LogP contribution in [0.15, 0.2) is 18.3 Å². The van der Waals surface area contributed by atoms with E-state index in [0.717, 1.165) is 6.20 Å². The lowest BCUT2D eigenvalue weighted by atomic mass is 10.2. The van der Waals surface area contributed by atoms with E-state index in [0.29, 0.717) is 13.0 Å². The van der Waals surface area contributed by atoms with Gasteiger partial charge in [0.2, 0.25) is 0 Å². The fourth-order valence-electron chi connectivity index (χ4n) is 1.23. The van der Waals surface area contributed by atoms with E-state index in [1.807, 2.05) is 0 Å². The Morgan fingerprint density at radius 1 is 1.65 bits per heavy atom. The highest BCUT2D eigenvalue weighted by Gasteiger charge is 2.08. The smallest absolute Gasteiger partial charge is 0.269 e. The topological polar surface area (TPSA) is 71.5 Å². The van der Waals surface area contributed by atoms with Crippen molar-refractivity contribution in [2.75, 3.05) is 20.3 Å². The Balaban J connectivity index is 2.32.